The van der Waals surface area contributed by atoms with Gasteiger partial charge in [0.25, 0.3) is 0 Å². The first-order valence-electron chi connectivity index (χ1n) is 6.48. The lowest BCUT2D eigenvalue weighted by Crippen LogP contribution is -2.37. The van der Waals surface area contributed by atoms with E-state index in [0.717, 1.165) is 17.5 Å². The SMILES string of the molecule is Cc1[nH]nc(CN2C[C@H](C(F)(F)F)[C@@H](S(C)(=O)=O)C2)c1C. The topological polar surface area (TPSA) is 66.1 Å². The van der Waals surface area contributed by atoms with Crippen LogP contribution in [0, 0.1) is 19.8 Å². The third-order valence-electron chi connectivity index (χ3n) is 4.04. The number of aromatic nitrogens is 2. The summed E-state index contributed by atoms with van der Waals surface area (Å²) in [5, 5.41) is 5.43. The summed E-state index contributed by atoms with van der Waals surface area (Å²) in [6.07, 6.45) is -3.65. The second kappa shape index (κ2) is 5.28. The molecule has 1 aromatic heterocycles. The minimum Gasteiger partial charge on any atom is -0.295 e. The van der Waals surface area contributed by atoms with Gasteiger partial charge in [0.05, 0.1) is 16.9 Å². The fourth-order valence-electron chi connectivity index (χ4n) is 2.63. The zero-order valence-corrected chi connectivity index (χ0v) is 12.8. The number of nitrogens with zero attached hydrogens (tertiary/aromatic N) is 2. The molecule has 2 atom stereocenters. The highest BCUT2D eigenvalue weighted by Crippen LogP contribution is 2.37. The van der Waals surface area contributed by atoms with Crippen LogP contribution in [0.1, 0.15) is 17.0 Å². The first-order chi connectivity index (χ1) is 9.50. The normalized spacial score (nSPS) is 24.7. The Morgan fingerprint density at radius 1 is 1.33 bits per heavy atom. The standard InChI is InChI=1S/C12H18F3N3O2S/c1-7-8(2)16-17-10(7)5-18-4-9(12(13,14)15)11(6-18)21(3,19)20/h9,11H,4-6H2,1-3H3,(H,16,17)/t9-,11-/m0/s1. The summed E-state index contributed by atoms with van der Waals surface area (Å²) >= 11 is 0. The van der Waals surface area contributed by atoms with Crippen LogP contribution in [0.25, 0.3) is 0 Å². The number of sulfone groups is 1. The zero-order valence-electron chi connectivity index (χ0n) is 12.0. The predicted octanol–water partition coefficient (Wildman–Crippen LogP) is 1.43. The number of aryl methyl sites for hydroxylation is 1. The summed E-state index contributed by atoms with van der Waals surface area (Å²) in [5.74, 6) is -1.84. The van der Waals surface area contributed by atoms with E-state index in [-0.39, 0.29) is 19.6 Å². The van der Waals surface area contributed by atoms with Crippen molar-refractivity contribution < 1.29 is 21.6 Å². The Bertz CT molecular complexity index is 624. The van der Waals surface area contributed by atoms with E-state index in [9.17, 15) is 21.6 Å². The summed E-state index contributed by atoms with van der Waals surface area (Å²) in [4.78, 5) is 1.51. The number of likely N-dealkylation sites (tertiary alicyclic amines) is 1. The van der Waals surface area contributed by atoms with Crippen molar-refractivity contribution >= 4 is 9.84 Å². The van der Waals surface area contributed by atoms with Crippen LogP contribution in [-0.2, 0) is 16.4 Å². The van der Waals surface area contributed by atoms with Gasteiger partial charge in [-0.2, -0.15) is 18.3 Å². The van der Waals surface area contributed by atoms with Crippen molar-refractivity contribution in [3.05, 3.63) is 17.0 Å². The van der Waals surface area contributed by atoms with Crippen molar-refractivity contribution in [2.45, 2.75) is 31.8 Å². The van der Waals surface area contributed by atoms with Crippen LogP contribution in [0.15, 0.2) is 0 Å². The Kier molecular flexibility index (Phi) is 4.09. The number of alkyl halides is 3. The van der Waals surface area contributed by atoms with Crippen LogP contribution < -0.4 is 0 Å². The lowest BCUT2D eigenvalue weighted by atomic mass is 10.1. The molecule has 0 aliphatic carbocycles. The molecule has 0 radical (unpaired) electrons. The minimum atomic E-state index is -4.51. The number of halogens is 3. The second-order valence-electron chi connectivity index (χ2n) is 5.63. The van der Waals surface area contributed by atoms with Crippen molar-refractivity contribution in [3.8, 4) is 0 Å². The Hall–Kier alpha value is -1.09. The molecule has 0 unspecified atom stereocenters. The van der Waals surface area contributed by atoms with E-state index in [1.54, 1.807) is 0 Å². The van der Waals surface area contributed by atoms with Crippen LogP contribution >= 0.6 is 0 Å². The van der Waals surface area contributed by atoms with E-state index in [0.29, 0.717) is 5.69 Å². The molecule has 21 heavy (non-hydrogen) atoms. The predicted molar refractivity (Wildman–Crippen MR) is 71.5 cm³/mol. The Labute approximate surface area is 121 Å². The first-order valence-corrected chi connectivity index (χ1v) is 8.44. The first kappa shape index (κ1) is 16.3. The molecule has 0 amide bonds. The van der Waals surface area contributed by atoms with Crippen molar-refractivity contribution in [3.63, 3.8) is 0 Å². The summed E-state index contributed by atoms with van der Waals surface area (Å²) in [6.45, 7) is 3.45. The van der Waals surface area contributed by atoms with Crippen molar-refractivity contribution in [1.82, 2.24) is 15.1 Å². The van der Waals surface area contributed by atoms with Crippen LogP contribution in [0.3, 0.4) is 0 Å². The van der Waals surface area contributed by atoms with Crippen LogP contribution in [0.5, 0.6) is 0 Å². The second-order valence-corrected chi connectivity index (χ2v) is 7.90. The van der Waals surface area contributed by atoms with Gasteiger partial charge in [-0.15, -0.1) is 0 Å². The van der Waals surface area contributed by atoms with E-state index < -0.39 is 27.2 Å². The van der Waals surface area contributed by atoms with Gasteiger partial charge in [0.1, 0.15) is 0 Å². The van der Waals surface area contributed by atoms with E-state index in [2.05, 4.69) is 10.2 Å². The smallest absolute Gasteiger partial charge is 0.295 e. The van der Waals surface area contributed by atoms with E-state index in [4.69, 9.17) is 0 Å². The molecular weight excluding hydrogens is 307 g/mol. The van der Waals surface area contributed by atoms with Gasteiger partial charge in [0.15, 0.2) is 9.84 Å². The lowest BCUT2D eigenvalue weighted by Gasteiger charge is -2.19. The highest BCUT2D eigenvalue weighted by atomic mass is 32.2. The van der Waals surface area contributed by atoms with E-state index in [1.807, 2.05) is 13.8 Å². The van der Waals surface area contributed by atoms with Gasteiger partial charge in [-0.3, -0.25) is 10.00 Å². The summed E-state index contributed by atoms with van der Waals surface area (Å²) < 4.78 is 62.3. The maximum Gasteiger partial charge on any atom is 0.394 e. The molecule has 120 valence electrons. The van der Waals surface area contributed by atoms with Gasteiger partial charge in [0.2, 0.25) is 0 Å². The average molecular weight is 325 g/mol. The fourth-order valence-corrected chi connectivity index (χ4v) is 3.95. The Balaban J connectivity index is 2.20. The molecule has 2 heterocycles. The third-order valence-corrected chi connectivity index (χ3v) is 5.62. The molecule has 1 fully saturated rings. The number of nitrogens with one attached hydrogen (secondary N) is 1. The molecule has 1 aliphatic heterocycles. The summed E-state index contributed by atoms with van der Waals surface area (Å²) in [5.41, 5.74) is 2.40. The maximum absolute atomic E-state index is 13.0. The van der Waals surface area contributed by atoms with Gasteiger partial charge in [-0.25, -0.2) is 8.42 Å². The third kappa shape index (κ3) is 3.39. The van der Waals surface area contributed by atoms with Gasteiger partial charge in [-0.1, -0.05) is 0 Å². The number of rotatable bonds is 3. The highest BCUT2D eigenvalue weighted by Gasteiger charge is 2.53. The van der Waals surface area contributed by atoms with Gasteiger partial charge >= 0.3 is 6.18 Å². The van der Waals surface area contributed by atoms with Crippen molar-refractivity contribution in [2.75, 3.05) is 19.3 Å². The lowest BCUT2D eigenvalue weighted by molar-refractivity contribution is -0.169. The zero-order chi connectivity index (χ0) is 16.0. The number of hydrogen-bond donors (Lipinski definition) is 1. The molecule has 2 rings (SSSR count). The number of aromatic amines is 1. The van der Waals surface area contributed by atoms with Gasteiger partial charge in [0, 0.05) is 31.6 Å². The highest BCUT2D eigenvalue weighted by molar-refractivity contribution is 7.91. The van der Waals surface area contributed by atoms with Gasteiger partial charge in [-0.05, 0) is 19.4 Å². The van der Waals surface area contributed by atoms with E-state index >= 15 is 0 Å². The number of hydrogen-bond acceptors (Lipinski definition) is 4. The van der Waals surface area contributed by atoms with Crippen molar-refractivity contribution in [1.29, 1.82) is 0 Å². The molecule has 0 spiro atoms. The van der Waals surface area contributed by atoms with E-state index in [1.165, 1.54) is 4.90 Å². The Morgan fingerprint density at radius 3 is 2.33 bits per heavy atom. The molecule has 1 aliphatic rings. The summed E-state index contributed by atoms with van der Waals surface area (Å²) in [7, 11) is -3.75. The van der Waals surface area contributed by atoms with Crippen LogP contribution in [0.2, 0.25) is 0 Å². The molecule has 0 saturated carbocycles. The molecule has 0 bridgehead atoms. The molecule has 1 aromatic rings. The monoisotopic (exact) mass is 325 g/mol. The summed E-state index contributed by atoms with van der Waals surface area (Å²) in [6, 6.07) is 0. The minimum absolute atomic E-state index is 0.117. The number of H-pyrrole nitrogens is 1. The van der Waals surface area contributed by atoms with Crippen LogP contribution in [0.4, 0.5) is 13.2 Å². The molecule has 0 aromatic carbocycles. The molecule has 1 N–H and O–H groups in total. The van der Waals surface area contributed by atoms with Crippen molar-refractivity contribution in [2.24, 2.45) is 5.92 Å². The molecule has 1 saturated heterocycles. The molecule has 5 nitrogen and oxygen atoms in total. The fraction of sp³-hybridized carbons (Fsp3) is 0.750. The Morgan fingerprint density at radius 2 is 1.95 bits per heavy atom. The quantitative estimate of drug-likeness (QED) is 0.913. The molecule has 9 heteroatoms. The van der Waals surface area contributed by atoms with Gasteiger partial charge < -0.3 is 0 Å². The maximum atomic E-state index is 13.0. The average Bonchev–Trinajstić information content (AvgIpc) is 2.87. The largest absolute Gasteiger partial charge is 0.394 e. The molecular formula is C12H18F3N3O2S. The van der Waals surface area contributed by atoms with Crippen LogP contribution in [-0.4, -0.2) is 54.3 Å².